The van der Waals surface area contributed by atoms with Crippen molar-refractivity contribution in [2.24, 2.45) is 0 Å². The second-order valence-electron chi connectivity index (χ2n) is 4.72. The first kappa shape index (κ1) is 12.3. The molecule has 84 valence electrons. The summed E-state index contributed by atoms with van der Waals surface area (Å²) in [6.07, 6.45) is 7.59. The van der Waals surface area contributed by atoms with Crippen molar-refractivity contribution in [1.82, 2.24) is 0 Å². The molecule has 0 amide bonds. The van der Waals surface area contributed by atoms with Crippen molar-refractivity contribution in [3.05, 3.63) is 41.5 Å². The fourth-order valence-corrected chi connectivity index (χ4v) is 10.1. The van der Waals surface area contributed by atoms with Crippen LogP contribution in [0.25, 0.3) is 6.08 Å². The maximum absolute atomic E-state index is 2.61. The molecule has 1 heteroatoms. The molecule has 2 rings (SSSR count). The van der Waals surface area contributed by atoms with Crippen LogP contribution in [0.5, 0.6) is 0 Å². The van der Waals surface area contributed by atoms with Crippen molar-refractivity contribution in [3.63, 3.8) is 0 Å². The molecule has 1 aliphatic rings. The maximum atomic E-state index is 2.61. The molecule has 0 N–H and O–H groups in total. The van der Waals surface area contributed by atoms with E-state index in [2.05, 4.69) is 54.9 Å². The van der Waals surface area contributed by atoms with E-state index in [9.17, 15) is 0 Å². The summed E-state index contributed by atoms with van der Waals surface area (Å²) in [5.74, 6) is 0. The Morgan fingerprint density at radius 2 is 1.88 bits per heavy atom. The van der Waals surface area contributed by atoms with E-state index in [-0.39, 0.29) is 0 Å². The number of hydrogen-bond acceptors (Lipinski definition) is 0. The Labute approximate surface area is 107 Å². The van der Waals surface area contributed by atoms with Crippen molar-refractivity contribution >= 4 is 6.08 Å². The van der Waals surface area contributed by atoms with Crippen molar-refractivity contribution < 1.29 is 21.8 Å². The Morgan fingerprint density at radius 1 is 1.19 bits per heavy atom. The van der Waals surface area contributed by atoms with Gasteiger partial charge in [0.25, 0.3) is 0 Å². The van der Waals surface area contributed by atoms with E-state index in [1.165, 1.54) is 18.4 Å². The van der Waals surface area contributed by atoms with E-state index in [1.54, 1.807) is 5.56 Å². The molecule has 1 aliphatic carbocycles. The fraction of sp³-hybridized carbons (Fsp3) is 0.467. The molecule has 16 heavy (non-hydrogen) atoms. The summed E-state index contributed by atoms with van der Waals surface area (Å²) in [5.41, 5.74) is 3.09. The molecule has 0 heterocycles. The van der Waals surface area contributed by atoms with Gasteiger partial charge in [-0.25, -0.2) is 0 Å². The van der Waals surface area contributed by atoms with Gasteiger partial charge in [0.2, 0.25) is 0 Å². The van der Waals surface area contributed by atoms with E-state index in [1.807, 2.05) is 0 Å². The molecule has 0 radical (unpaired) electrons. The Bertz CT molecular complexity index is 377. The summed E-state index contributed by atoms with van der Waals surface area (Å²) in [5, 5.41) is 0. The molecule has 1 atom stereocenters. The summed E-state index contributed by atoms with van der Waals surface area (Å²) < 4.78 is 4.49. The first-order valence-corrected chi connectivity index (χ1v) is 11.7. The van der Waals surface area contributed by atoms with Crippen molar-refractivity contribution in [3.8, 4) is 0 Å². The van der Waals surface area contributed by atoms with Gasteiger partial charge in [0, 0.05) is 0 Å². The number of rotatable bonds is 4. The zero-order valence-electron chi connectivity index (χ0n) is 10.5. The molecule has 0 aliphatic heterocycles. The van der Waals surface area contributed by atoms with Gasteiger partial charge < -0.3 is 0 Å². The standard InChI is InChI=1S/C9H7.C5H11.CH3.Zr/c1-2-5-9-7-3-6-8(9)4-1;1-3-5-4-2;;/h1-7H;5H,3-4H2,1-2H3;1H3;/q;;;+1. The number of hydrogen-bond donors (Lipinski definition) is 0. The molecule has 1 aromatic rings. The van der Waals surface area contributed by atoms with E-state index in [0.717, 1.165) is 7.25 Å². The molecule has 0 bridgehead atoms. The molecule has 0 nitrogen and oxygen atoms in total. The van der Waals surface area contributed by atoms with Crippen LogP contribution in [0.1, 0.15) is 41.4 Å². The Hall–Kier alpha value is -0.157. The average Bonchev–Trinajstić information content (AvgIpc) is 2.74. The van der Waals surface area contributed by atoms with Gasteiger partial charge in [0.15, 0.2) is 0 Å². The second kappa shape index (κ2) is 5.45. The van der Waals surface area contributed by atoms with Crippen LogP contribution in [-0.2, 0) is 21.8 Å². The van der Waals surface area contributed by atoms with Crippen LogP contribution < -0.4 is 0 Å². The van der Waals surface area contributed by atoms with Gasteiger partial charge in [-0.15, -0.1) is 0 Å². The minimum absolute atomic E-state index is 0.837. The van der Waals surface area contributed by atoms with E-state index < -0.39 is 21.8 Å². The molecule has 0 saturated heterocycles. The molecular formula is C15H21Zr+. The molecule has 1 aromatic carbocycles. The molecule has 0 spiro atoms. The quantitative estimate of drug-likeness (QED) is 0.730. The third-order valence-corrected chi connectivity index (χ3v) is 12.7. The monoisotopic (exact) mass is 291 g/mol. The van der Waals surface area contributed by atoms with Gasteiger partial charge in [-0.05, 0) is 0 Å². The van der Waals surface area contributed by atoms with Crippen LogP contribution in [0.15, 0.2) is 30.3 Å². The Morgan fingerprint density at radius 3 is 2.56 bits per heavy atom. The third kappa shape index (κ3) is 2.25. The van der Waals surface area contributed by atoms with Crippen LogP contribution in [0.2, 0.25) is 8.26 Å². The number of benzene rings is 1. The number of allylic oxidation sites excluding steroid dienone is 1. The SMILES string of the molecule is CC[CH](CC)[Zr+]([CH3])[CH]1C=Cc2ccccc21. The first-order chi connectivity index (χ1) is 7.77. The number of fused-ring (bicyclic) bond motifs is 1. The Kier molecular flexibility index (Phi) is 4.19. The second-order valence-corrected chi connectivity index (χ2v) is 11.9. The molecule has 0 saturated carbocycles. The van der Waals surface area contributed by atoms with Crippen LogP contribution in [0, 0.1) is 0 Å². The van der Waals surface area contributed by atoms with Crippen LogP contribution >= 0.6 is 0 Å². The summed E-state index contributed by atoms with van der Waals surface area (Å²) in [7, 11) is 0. The van der Waals surface area contributed by atoms with Gasteiger partial charge >= 0.3 is 108 Å². The summed E-state index contributed by atoms with van der Waals surface area (Å²) in [6.45, 7) is 4.73. The van der Waals surface area contributed by atoms with Crippen LogP contribution in [-0.4, -0.2) is 0 Å². The van der Waals surface area contributed by atoms with Crippen molar-refractivity contribution in [2.45, 2.75) is 38.6 Å². The van der Waals surface area contributed by atoms with Gasteiger partial charge in [-0.1, -0.05) is 0 Å². The predicted octanol–water partition coefficient (Wildman–Crippen LogP) is 5.03. The summed E-state index contributed by atoms with van der Waals surface area (Å²) in [6, 6.07) is 8.95. The molecule has 1 unspecified atom stereocenters. The van der Waals surface area contributed by atoms with Gasteiger partial charge in [0.1, 0.15) is 0 Å². The first-order valence-electron chi connectivity index (χ1n) is 6.38. The van der Waals surface area contributed by atoms with E-state index >= 15 is 0 Å². The molecule has 0 aromatic heterocycles. The predicted molar refractivity (Wildman–Crippen MR) is 68.4 cm³/mol. The van der Waals surface area contributed by atoms with Gasteiger partial charge in [-0.2, -0.15) is 0 Å². The zero-order chi connectivity index (χ0) is 11.5. The van der Waals surface area contributed by atoms with Crippen molar-refractivity contribution in [2.75, 3.05) is 0 Å². The van der Waals surface area contributed by atoms with E-state index in [0.29, 0.717) is 0 Å². The minimum atomic E-state index is -1.30. The van der Waals surface area contributed by atoms with Gasteiger partial charge in [0.05, 0.1) is 0 Å². The third-order valence-electron chi connectivity index (χ3n) is 3.92. The fourth-order valence-electron chi connectivity index (χ4n) is 2.83. The molecule has 0 fully saturated rings. The zero-order valence-corrected chi connectivity index (χ0v) is 13.0. The van der Waals surface area contributed by atoms with Crippen LogP contribution in [0.4, 0.5) is 0 Å². The summed E-state index contributed by atoms with van der Waals surface area (Å²) >= 11 is -1.30. The van der Waals surface area contributed by atoms with Crippen LogP contribution in [0.3, 0.4) is 0 Å². The average molecular weight is 293 g/mol. The normalized spacial score (nSPS) is 17.9. The van der Waals surface area contributed by atoms with E-state index in [4.69, 9.17) is 0 Å². The Balaban J connectivity index is 2.22. The van der Waals surface area contributed by atoms with Crippen molar-refractivity contribution in [1.29, 1.82) is 0 Å². The topological polar surface area (TPSA) is 0 Å². The summed E-state index contributed by atoms with van der Waals surface area (Å²) in [4.78, 5) is 0. The molecular weight excluding hydrogens is 271 g/mol. The van der Waals surface area contributed by atoms with Gasteiger partial charge in [-0.3, -0.25) is 0 Å².